The molecular weight excluding hydrogens is 324 g/mol. The average molecular weight is 350 g/mol. The number of carboxylic acid groups (broad SMARTS) is 1. The largest absolute Gasteiger partial charge is 0.480 e. The minimum Gasteiger partial charge on any atom is -0.480 e. The van der Waals surface area contributed by atoms with Gasteiger partial charge in [-0.2, -0.15) is 0 Å². The van der Waals surface area contributed by atoms with Gasteiger partial charge in [-0.15, -0.1) is 0 Å². The van der Waals surface area contributed by atoms with Gasteiger partial charge in [0.05, 0.1) is 5.75 Å². The Morgan fingerprint density at radius 3 is 2.39 bits per heavy atom. The van der Waals surface area contributed by atoms with Crippen molar-refractivity contribution < 1.29 is 27.9 Å². The highest BCUT2D eigenvalue weighted by Gasteiger charge is 2.32. The molecule has 1 aliphatic heterocycles. The van der Waals surface area contributed by atoms with Crippen LogP contribution in [0.3, 0.4) is 0 Å². The normalized spacial score (nSPS) is 17.1. The average Bonchev–Trinajstić information content (AvgIpc) is 2.52. The Morgan fingerprint density at radius 2 is 1.91 bits per heavy atom. The van der Waals surface area contributed by atoms with Crippen LogP contribution in [0.2, 0.25) is 0 Å². The summed E-state index contributed by atoms with van der Waals surface area (Å²) in [6, 6.07) is -0.232. The zero-order chi connectivity index (χ0) is 17.5. The molecule has 0 aromatic rings. The summed E-state index contributed by atoms with van der Waals surface area (Å²) in [5.41, 5.74) is 0. The Labute approximate surface area is 137 Å². The van der Waals surface area contributed by atoms with Gasteiger partial charge in [-0.3, -0.25) is 9.59 Å². The zero-order valence-electron chi connectivity index (χ0n) is 13.7. The van der Waals surface area contributed by atoms with Crippen molar-refractivity contribution in [2.75, 3.05) is 39.1 Å². The van der Waals surface area contributed by atoms with Gasteiger partial charge in [0, 0.05) is 39.3 Å². The Balaban J connectivity index is 2.67. The van der Waals surface area contributed by atoms with Crippen molar-refractivity contribution in [1.29, 1.82) is 0 Å². The third-order valence-corrected chi connectivity index (χ3v) is 5.87. The second kappa shape index (κ2) is 9.19. The van der Waals surface area contributed by atoms with Crippen LogP contribution in [0.15, 0.2) is 0 Å². The molecule has 1 saturated heterocycles. The fraction of sp³-hybridized carbons (Fsp3) is 0.857. The first-order chi connectivity index (χ1) is 10.8. The number of aliphatic carboxylic acids is 1. The molecule has 23 heavy (non-hydrogen) atoms. The quantitative estimate of drug-likeness (QED) is 0.593. The first-order valence-corrected chi connectivity index (χ1v) is 9.40. The summed E-state index contributed by atoms with van der Waals surface area (Å²) >= 11 is 0. The number of hydrogen-bond acceptors (Lipinski definition) is 5. The maximum atomic E-state index is 12.3. The van der Waals surface area contributed by atoms with Crippen LogP contribution in [0, 0.1) is 0 Å². The van der Waals surface area contributed by atoms with Crippen LogP contribution in [-0.2, 0) is 24.3 Å². The predicted octanol–water partition coefficient (Wildman–Crippen LogP) is 0.140. The molecule has 1 amide bonds. The molecule has 0 aromatic heterocycles. The molecule has 0 atom stereocenters. The summed E-state index contributed by atoms with van der Waals surface area (Å²) in [5.74, 6) is -1.23. The minimum atomic E-state index is -3.23. The second-order valence-electron chi connectivity index (χ2n) is 5.54. The van der Waals surface area contributed by atoms with E-state index in [4.69, 9.17) is 9.84 Å². The van der Waals surface area contributed by atoms with Gasteiger partial charge in [-0.1, -0.05) is 0 Å². The molecular formula is C14H26N2O6S. The van der Waals surface area contributed by atoms with E-state index in [1.807, 2.05) is 0 Å². The van der Waals surface area contributed by atoms with E-state index in [9.17, 15) is 18.0 Å². The monoisotopic (exact) mass is 350 g/mol. The lowest BCUT2D eigenvalue weighted by molar-refractivity contribution is -0.147. The van der Waals surface area contributed by atoms with Gasteiger partial charge in [0.25, 0.3) is 0 Å². The number of carbonyl (C=O) groups is 2. The van der Waals surface area contributed by atoms with Gasteiger partial charge in [-0.05, 0) is 26.2 Å². The first kappa shape index (κ1) is 19.9. The van der Waals surface area contributed by atoms with Gasteiger partial charge < -0.3 is 14.7 Å². The number of ether oxygens (including phenoxy) is 1. The van der Waals surface area contributed by atoms with Gasteiger partial charge >= 0.3 is 5.97 Å². The number of methoxy groups -OCH3 is 1. The number of carbonyl (C=O) groups excluding carboxylic acids is 1. The highest BCUT2D eigenvalue weighted by atomic mass is 32.2. The van der Waals surface area contributed by atoms with Crippen molar-refractivity contribution in [2.45, 2.75) is 38.6 Å². The Kier molecular flexibility index (Phi) is 7.93. The maximum Gasteiger partial charge on any atom is 0.323 e. The van der Waals surface area contributed by atoms with E-state index in [2.05, 4.69) is 0 Å². The Morgan fingerprint density at radius 1 is 1.30 bits per heavy atom. The second-order valence-corrected chi connectivity index (χ2v) is 7.80. The van der Waals surface area contributed by atoms with E-state index in [-0.39, 0.29) is 30.7 Å². The summed E-state index contributed by atoms with van der Waals surface area (Å²) in [6.07, 6.45) is 1.69. The maximum absolute atomic E-state index is 12.3. The fourth-order valence-corrected chi connectivity index (χ4v) is 3.82. The summed E-state index contributed by atoms with van der Waals surface area (Å²) in [5, 5.41) is 9.03. The predicted molar refractivity (Wildman–Crippen MR) is 84.5 cm³/mol. The number of nitrogens with zero attached hydrogens (tertiary/aromatic N) is 2. The molecule has 1 fully saturated rings. The number of carboxylic acids is 1. The van der Waals surface area contributed by atoms with E-state index in [0.29, 0.717) is 39.0 Å². The number of sulfonamides is 1. The molecule has 1 aliphatic rings. The fourth-order valence-electron chi connectivity index (χ4n) is 2.69. The SMILES string of the molecule is CCS(=O)(=O)N1CCC(N(CC(=O)O)C(=O)CCCOC)CC1. The van der Waals surface area contributed by atoms with Crippen LogP contribution in [0.5, 0.6) is 0 Å². The third kappa shape index (κ3) is 6.08. The van der Waals surface area contributed by atoms with Crippen LogP contribution in [0.1, 0.15) is 32.6 Å². The lowest BCUT2D eigenvalue weighted by Gasteiger charge is -2.37. The van der Waals surface area contributed by atoms with E-state index in [0.717, 1.165) is 0 Å². The molecule has 1 heterocycles. The van der Waals surface area contributed by atoms with E-state index in [1.54, 1.807) is 14.0 Å². The summed E-state index contributed by atoms with van der Waals surface area (Å²) in [4.78, 5) is 24.7. The van der Waals surface area contributed by atoms with E-state index < -0.39 is 16.0 Å². The number of hydrogen-bond donors (Lipinski definition) is 1. The van der Waals surface area contributed by atoms with Gasteiger partial charge in [0.1, 0.15) is 6.54 Å². The lowest BCUT2D eigenvalue weighted by atomic mass is 10.0. The lowest BCUT2D eigenvalue weighted by Crippen LogP contribution is -2.50. The van der Waals surface area contributed by atoms with Crippen molar-refractivity contribution in [3.63, 3.8) is 0 Å². The van der Waals surface area contributed by atoms with Gasteiger partial charge in [0.2, 0.25) is 15.9 Å². The molecule has 0 radical (unpaired) electrons. The van der Waals surface area contributed by atoms with Crippen molar-refractivity contribution in [2.24, 2.45) is 0 Å². The van der Waals surface area contributed by atoms with Crippen LogP contribution in [0.25, 0.3) is 0 Å². The highest BCUT2D eigenvalue weighted by molar-refractivity contribution is 7.89. The number of rotatable bonds is 9. The van der Waals surface area contributed by atoms with Crippen LogP contribution >= 0.6 is 0 Å². The Hall–Kier alpha value is -1.19. The molecule has 9 heteroatoms. The van der Waals surface area contributed by atoms with Crippen LogP contribution in [-0.4, -0.2) is 79.8 Å². The van der Waals surface area contributed by atoms with Crippen molar-refractivity contribution in [1.82, 2.24) is 9.21 Å². The smallest absolute Gasteiger partial charge is 0.323 e. The van der Waals surface area contributed by atoms with Gasteiger partial charge in [0.15, 0.2) is 0 Å². The standard InChI is InChI=1S/C14H26N2O6S/c1-3-23(20,21)15-8-6-12(7-9-15)16(11-14(18)19)13(17)5-4-10-22-2/h12H,3-11H2,1-2H3,(H,18,19). The Bertz CT molecular complexity index is 499. The van der Waals surface area contributed by atoms with Crippen molar-refractivity contribution in [3.8, 4) is 0 Å². The molecule has 0 bridgehead atoms. The highest BCUT2D eigenvalue weighted by Crippen LogP contribution is 2.20. The molecule has 1 N–H and O–H groups in total. The third-order valence-electron chi connectivity index (χ3n) is 3.99. The molecule has 0 spiro atoms. The van der Waals surface area contributed by atoms with Crippen LogP contribution < -0.4 is 0 Å². The molecule has 0 aliphatic carbocycles. The molecule has 0 unspecified atom stereocenters. The minimum absolute atomic E-state index is 0.0481. The zero-order valence-corrected chi connectivity index (χ0v) is 14.5. The topological polar surface area (TPSA) is 104 Å². The molecule has 0 saturated carbocycles. The summed E-state index contributed by atoms with van der Waals surface area (Å²) < 4.78 is 30.0. The molecule has 8 nitrogen and oxygen atoms in total. The van der Waals surface area contributed by atoms with Crippen molar-refractivity contribution in [3.05, 3.63) is 0 Å². The van der Waals surface area contributed by atoms with E-state index in [1.165, 1.54) is 9.21 Å². The van der Waals surface area contributed by atoms with Crippen molar-refractivity contribution >= 4 is 21.9 Å². The van der Waals surface area contributed by atoms with E-state index >= 15 is 0 Å². The first-order valence-electron chi connectivity index (χ1n) is 7.79. The van der Waals surface area contributed by atoms with Gasteiger partial charge in [-0.25, -0.2) is 12.7 Å². The van der Waals surface area contributed by atoms with Crippen LogP contribution in [0.4, 0.5) is 0 Å². The number of piperidine rings is 1. The number of amides is 1. The summed E-state index contributed by atoms with van der Waals surface area (Å²) in [7, 11) is -1.69. The molecule has 0 aromatic carbocycles. The molecule has 1 rings (SSSR count). The summed E-state index contributed by atoms with van der Waals surface area (Å²) in [6.45, 7) is 2.33. The molecule has 134 valence electrons.